The predicted octanol–water partition coefficient (Wildman–Crippen LogP) is 5.16. The first-order chi connectivity index (χ1) is 15.8. The minimum atomic E-state index is -4.44. The molecule has 33 heavy (non-hydrogen) atoms. The molecule has 3 aromatic rings. The van der Waals surface area contributed by atoms with Gasteiger partial charge in [0.05, 0.1) is 25.6 Å². The van der Waals surface area contributed by atoms with Gasteiger partial charge >= 0.3 is 12.1 Å². The van der Waals surface area contributed by atoms with Crippen LogP contribution in [0.5, 0.6) is 5.75 Å². The molecule has 0 radical (unpaired) electrons. The second kappa shape index (κ2) is 8.97. The first-order valence-electron chi connectivity index (χ1n) is 10.1. The number of nitrogens with zero attached hydrogens (tertiary/aromatic N) is 1. The maximum absolute atomic E-state index is 12.9. The van der Waals surface area contributed by atoms with Crippen molar-refractivity contribution in [1.82, 2.24) is 0 Å². The monoisotopic (exact) mass is 455 g/mol. The SMILES string of the molecule is COC(=O)Cc1cccc(OCc2cccc3c2CN(c2ccc(C(F)(F)F)cc2)C3=O)c1. The van der Waals surface area contributed by atoms with Crippen molar-refractivity contribution in [3.8, 4) is 5.75 Å². The summed E-state index contributed by atoms with van der Waals surface area (Å²) in [4.78, 5) is 25.8. The molecule has 5 nitrogen and oxygen atoms in total. The first kappa shape index (κ1) is 22.4. The molecule has 170 valence electrons. The Morgan fingerprint density at radius 2 is 1.76 bits per heavy atom. The van der Waals surface area contributed by atoms with Gasteiger partial charge in [-0.1, -0.05) is 24.3 Å². The normalized spacial score (nSPS) is 13.1. The van der Waals surface area contributed by atoms with Gasteiger partial charge in [0.1, 0.15) is 12.4 Å². The van der Waals surface area contributed by atoms with Gasteiger partial charge < -0.3 is 14.4 Å². The molecular formula is C25H20F3NO4. The van der Waals surface area contributed by atoms with Crippen LogP contribution in [0.15, 0.2) is 66.7 Å². The van der Waals surface area contributed by atoms with Gasteiger partial charge in [-0.05, 0) is 59.2 Å². The van der Waals surface area contributed by atoms with Crippen molar-refractivity contribution in [3.05, 3.63) is 94.5 Å². The van der Waals surface area contributed by atoms with Gasteiger partial charge in [-0.15, -0.1) is 0 Å². The number of fused-ring (bicyclic) bond motifs is 1. The minimum absolute atomic E-state index is 0.130. The number of methoxy groups -OCH3 is 1. The molecule has 0 bridgehead atoms. The molecule has 0 N–H and O–H groups in total. The van der Waals surface area contributed by atoms with Crippen LogP contribution in [0.1, 0.15) is 32.6 Å². The Balaban J connectivity index is 1.50. The summed E-state index contributed by atoms with van der Waals surface area (Å²) in [6.45, 7) is 0.431. The molecule has 1 heterocycles. The smallest absolute Gasteiger partial charge is 0.416 e. The fourth-order valence-corrected chi connectivity index (χ4v) is 3.72. The summed E-state index contributed by atoms with van der Waals surface area (Å²) in [6.07, 6.45) is -4.31. The van der Waals surface area contributed by atoms with Crippen molar-refractivity contribution >= 4 is 17.6 Å². The van der Waals surface area contributed by atoms with E-state index in [0.717, 1.165) is 28.8 Å². The quantitative estimate of drug-likeness (QED) is 0.482. The molecule has 0 aromatic heterocycles. The van der Waals surface area contributed by atoms with Crippen molar-refractivity contribution < 1.29 is 32.2 Å². The zero-order chi connectivity index (χ0) is 23.6. The average molecular weight is 455 g/mol. The number of rotatable bonds is 6. The Bertz CT molecular complexity index is 1190. The molecular weight excluding hydrogens is 435 g/mol. The van der Waals surface area contributed by atoms with Crippen molar-refractivity contribution in [1.29, 1.82) is 0 Å². The zero-order valence-electron chi connectivity index (χ0n) is 17.7. The highest BCUT2D eigenvalue weighted by atomic mass is 19.4. The molecule has 4 rings (SSSR count). The molecule has 1 aliphatic heterocycles. The number of carbonyl (C=O) groups excluding carboxylic acids is 2. The van der Waals surface area contributed by atoms with Crippen molar-refractivity contribution in [3.63, 3.8) is 0 Å². The molecule has 1 amide bonds. The maximum atomic E-state index is 12.9. The van der Waals surface area contributed by atoms with E-state index in [1.54, 1.807) is 36.4 Å². The third kappa shape index (κ3) is 4.84. The number of anilines is 1. The Kier molecular flexibility index (Phi) is 6.09. The molecule has 0 fully saturated rings. The molecule has 0 atom stereocenters. The summed E-state index contributed by atoms with van der Waals surface area (Å²) in [5.41, 5.74) is 2.45. The van der Waals surface area contributed by atoms with Crippen molar-refractivity contribution in [2.75, 3.05) is 12.0 Å². The van der Waals surface area contributed by atoms with E-state index < -0.39 is 11.7 Å². The summed E-state index contributed by atoms with van der Waals surface area (Å²) in [5, 5.41) is 0. The number of hydrogen-bond acceptors (Lipinski definition) is 4. The van der Waals surface area contributed by atoms with Gasteiger partial charge in [-0.2, -0.15) is 13.2 Å². The van der Waals surface area contributed by atoms with E-state index in [0.29, 0.717) is 17.0 Å². The third-order valence-corrected chi connectivity index (χ3v) is 5.44. The summed E-state index contributed by atoms with van der Waals surface area (Å²) >= 11 is 0. The summed E-state index contributed by atoms with van der Waals surface area (Å²) < 4.78 is 49.1. The second-order valence-electron chi connectivity index (χ2n) is 7.57. The van der Waals surface area contributed by atoms with Gasteiger partial charge in [-0.3, -0.25) is 9.59 Å². The summed E-state index contributed by atoms with van der Waals surface area (Å²) in [7, 11) is 1.33. The first-order valence-corrected chi connectivity index (χ1v) is 10.1. The van der Waals surface area contributed by atoms with Gasteiger partial charge in [0, 0.05) is 11.3 Å². The zero-order valence-corrected chi connectivity index (χ0v) is 17.7. The molecule has 3 aromatic carbocycles. The lowest BCUT2D eigenvalue weighted by atomic mass is 10.0. The fourth-order valence-electron chi connectivity index (χ4n) is 3.72. The Morgan fingerprint density at radius 3 is 2.45 bits per heavy atom. The fraction of sp³-hybridized carbons (Fsp3) is 0.200. The van der Waals surface area contributed by atoms with Crippen LogP contribution in [-0.2, 0) is 35.3 Å². The Labute approximate surface area is 188 Å². The number of hydrogen-bond donors (Lipinski definition) is 0. The maximum Gasteiger partial charge on any atom is 0.416 e. The molecule has 0 saturated carbocycles. The van der Waals surface area contributed by atoms with Crippen LogP contribution < -0.4 is 9.64 Å². The van der Waals surface area contributed by atoms with Crippen LogP contribution in [0.3, 0.4) is 0 Å². The number of amides is 1. The summed E-state index contributed by atoms with van der Waals surface area (Å²) in [5.74, 6) is -0.0560. The summed E-state index contributed by atoms with van der Waals surface area (Å²) in [6, 6.07) is 16.9. The predicted molar refractivity (Wildman–Crippen MR) is 115 cm³/mol. The molecule has 0 unspecified atom stereocenters. The van der Waals surface area contributed by atoms with Gasteiger partial charge in [0.15, 0.2) is 0 Å². The number of benzene rings is 3. The van der Waals surface area contributed by atoms with Crippen LogP contribution >= 0.6 is 0 Å². The Morgan fingerprint density at radius 1 is 1.03 bits per heavy atom. The highest BCUT2D eigenvalue weighted by Gasteiger charge is 2.33. The van der Waals surface area contributed by atoms with Crippen LogP contribution in [-0.4, -0.2) is 19.0 Å². The standard InChI is InChI=1S/C25H20F3NO4/c1-32-23(30)13-16-4-2-6-20(12-16)33-15-17-5-3-7-21-22(17)14-29(24(21)31)19-10-8-18(9-11-19)25(26,27)28/h2-12H,13-15H2,1H3. The molecule has 8 heteroatoms. The van der Waals surface area contributed by atoms with E-state index >= 15 is 0 Å². The lowest BCUT2D eigenvalue weighted by molar-refractivity contribution is -0.140. The number of halogens is 3. The number of carbonyl (C=O) groups is 2. The number of ether oxygens (including phenoxy) is 2. The lowest BCUT2D eigenvalue weighted by Crippen LogP contribution is -2.23. The molecule has 1 aliphatic rings. The van der Waals surface area contributed by atoms with Gasteiger partial charge in [-0.25, -0.2) is 0 Å². The van der Waals surface area contributed by atoms with E-state index in [1.807, 2.05) is 6.07 Å². The molecule has 0 spiro atoms. The molecule has 0 aliphatic carbocycles. The molecule has 0 saturated heterocycles. The largest absolute Gasteiger partial charge is 0.489 e. The van der Waals surface area contributed by atoms with Crippen molar-refractivity contribution in [2.24, 2.45) is 0 Å². The van der Waals surface area contributed by atoms with Crippen LogP contribution in [0.25, 0.3) is 0 Å². The van der Waals surface area contributed by atoms with E-state index in [-0.39, 0.29) is 31.4 Å². The number of esters is 1. The van der Waals surface area contributed by atoms with Gasteiger partial charge in [0.2, 0.25) is 0 Å². The lowest BCUT2D eigenvalue weighted by Gasteiger charge is -2.17. The Hall–Kier alpha value is -3.81. The van der Waals surface area contributed by atoms with Crippen LogP contribution in [0.4, 0.5) is 18.9 Å². The van der Waals surface area contributed by atoms with Crippen LogP contribution in [0.2, 0.25) is 0 Å². The van der Waals surface area contributed by atoms with E-state index in [4.69, 9.17) is 4.74 Å². The second-order valence-corrected chi connectivity index (χ2v) is 7.57. The van der Waals surface area contributed by atoms with E-state index in [9.17, 15) is 22.8 Å². The third-order valence-electron chi connectivity index (χ3n) is 5.44. The van der Waals surface area contributed by atoms with E-state index in [1.165, 1.54) is 24.1 Å². The average Bonchev–Trinajstić information content (AvgIpc) is 3.14. The topological polar surface area (TPSA) is 55.8 Å². The number of alkyl halides is 3. The van der Waals surface area contributed by atoms with Gasteiger partial charge in [0.25, 0.3) is 5.91 Å². The van der Waals surface area contributed by atoms with Crippen LogP contribution in [0, 0.1) is 0 Å². The highest BCUT2D eigenvalue weighted by Crippen LogP contribution is 2.34. The van der Waals surface area contributed by atoms with E-state index in [2.05, 4.69) is 4.74 Å². The van der Waals surface area contributed by atoms with Crippen molar-refractivity contribution in [2.45, 2.75) is 25.7 Å². The minimum Gasteiger partial charge on any atom is -0.489 e. The highest BCUT2D eigenvalue weighted by molar-refractivity contribution is 6.10.